The number of hydrogen-bond acceptors (Lipinski definition) is 4. The second-order valence-electron chi connectivity index (χ2n) is 7.74. The quantitative estimate of drug-likeness (QED) is 0.694. The van der Waals surface area contributed by atoms with Gasteiger partial charge in [-0.15, -0.1) is 0 Å². The Morgan fingerprint density at radius 1 is 0.950 bits per heavy atom. The smallest absolute Gasteiger partial charge is 0.411 e. The van der Waals surface area contributed by atoms with E-state index in [0.717, 1.165) is 6.42 Å². The van der Waals surface area contributed by atoms with Crippen LogP contribution in [0.1, 0.15) is 54.4 Å². The molecule has 3 atom stereocenters. The van der Waals surface area contributed by atoms with Crippen LogP contribution in [0.2, 0.25) is 0 Å². The third-order valence-electron chi connectivity index (χ3n) is 3.39. The minimum atomic E-state index is -0.553. The number of carbonyl (C=O) groups is 2. The molecule has 20 heavy (non-hydrogen) atoms. The van der Waals surface area contributed by atoms with Crippen molar-refractivity contribution in [3.05, 3.63) is 0 Å². The third kappa shape index (κ3) is 3.44. The molecule has 0 bridgehead atoms. The fourth-order valence-corrected chi connectivity index (χ4v) is 2.61. The van der Waals surface area contributed by atoms with Crippen LogP contribution in [0, 0.1) is 5.92 Å². The number of nitrogens with zero attached hydrogens (tertiary/aromatic N) is 1. The summed E-state index contributed by atoms with van der Waals surface area (Å²) in [6.45, 7) is 11.0. The summed E-state index contributed by atoms with van der Waals surface area (Å²) in [5.74, 6) is 0.107. The molecule has 0 spiro atoms. The van der Waals surface area contributed by atoms with Gasteiger partial charge in [-0.3, -0.25) is 4.90 Å². The first-order valence-electron chi connectivity index (χ1n) is 7.22. The fraction of sp³-hybridized carbons (Fsp3) is 0.867. The molecule has 1 saturated heterocycles. The maximum absolute atomic E-state index is 12.3. The molecular weight excluding hydrogens is 258 g/mol. The van der Waals surface area contributed by atoms with E-state index >= 15 is 0 Å². The van der Waals surface area contributed by atoms with Crippen LogP contribution < -0.4 is 0 Å². The molecule has 0 N–H and O–H groups in total. The number of ether oxygens (including phenoxy) is 2. The Kier molecular flexibility index (Phi) is 3.51. The van der Waals surface area contributed by atoms with E-state index in [1.807, 2.05) is 41.5 Å². The molecule has 1 aliphatic heterocycles. The van der Waals surface area contributed by atoms with Gasteiger partial charge in [0.2, 0.25) is 0 Å². The van der Waals surface area contributed by atoms with Crippen molar-refractivity contribution in [1.29, 1.82) is 0 Å². The highest BCUT2D eigenvalue weighted by molar-refractivity contribution is 5.83. The molecule has 0 radical (unpaired) electrons. The molecule has 2 fully saturated rings. The first-order chi connectivity index (χ1) is 8.98. The predicted octanol–water partition coefficient (Wildman–Crippen LogP) is 2.73. The summed E-state index contributed by atoms with van der Waals surface area (Å²) in [6.07, 6.45) is 1.26. The summed E-state index contributed by atoms with van der Waals surface area (Å²) in [5.41, 5.74) is -1.09. The lowest BCUT2D eigenvalue weighted by atomic mass is 10.1. The molecule has 5 heteroatoms. The highest BCUT2D eigenvalue weighted by atomic mass is 16.6. The molecule has 0 aromatic carbocycles. The third-order valence-corrected chi connectivity index (χ3v) is 3.39. The first-order valence-corrected chi connectivity index (χ1v) is 7.22. The van der Waals surface area contributed by atoms with Crippen LogP contribution in [-0.2, 0) is 14.3 Å². The maximum atomic E-state index is 12.3. The van der Waals surface area contributed by atoms with E-state index in [2.05, 4.69) is 0 Å². The summed E-state index contributed by atoms with van der Waals surface area (Å²) in [7, 11) is 0. The molecule has 2 aliphatic rings. The van der Waals surface area contributed by atoms with Gasteiger partial charge in [0.15, 0.2) is 0 Å². The van der Waals surface area contributed by atoms with Crippen molar-refractivity contribution in [2.75, 3.05) is 0 Å². The second kappa shape index (κ2) is 4.64. The molecule has 1 heterocycles. The molecule has 1 aliphatic carbocycles. The molecule has 0 aromatic heterocycles. The summed E-state index contributed by atoms with van der Waals surface area (Å²) in [4.78, 5) is 26.1. The molecule has 5 nitrogen and oxygen atoms in total. The van der Waals surface area contributed by atoms with E-state index in [4.69, 9.17) is 9.47 Å². The topological polar surface area (TPSA) is 55.8 Å². The molecule has 1 saturated carbocycles. The minimum absolute atomic E-state index is 0.155. The van der Waals surface area contributed by atoms with Crippen LogP contribution in [0.25, 0.3) is 0 Å². The van der Waals surface area contributed by atoms with Crippen molar-refractivity contribution in [2.45, 2.75) is 77.7 Å². The molecule has 1 amide bonds. The summed E-state index contributed by atoms with van der Waals surface area (Å²) in [6, 6.07) is -0.338. The Morgan fingerprint density at radius 3 is 2.00 bits per heavy atom. The van der Waals surface area contributed by atoms with Gasteiger partial charge in [0.05, 0.1) is 0 Å². The van der Waals surface area contributed by atoms with E-state index in [1.165, 1.54) is 0 Å². The van der Waals surface area contributed by atoms with Crippen molar-refractivity contribution in [1.82, 2.24) is 4.90 Å². The van der Waals surface area contributed by atoms with Gasteiger partial charge in [0, 0.05) is 6.04 Å². The number of fused-ring (bicyclic) bond motifs is 1. The van der Waals surface area contributed by atoms with E-state index in [-0.39, 0.29) is 12.0 Å². The summed E-state index contributed by atoms with van der Waals surface area (Å²) >= 11 is 0. The normalized spacial score (nSPS) is 28.9. The van der Waals surface area contributed by atoms with Crippen LogP contribution in [-0.4, -0.2) is 40.2 Å². The number of piperidine rings is 1. The Bertz CT molecular complexity index is 419. The average molecular weight is 283 g/mol. The van der Waals surface area contributed by atoms with E-state index < -0.39 is 23.3 Å². The molecule has 114 valence electrons. The minimum Gasteiger partial charge on any atom is -0.458 e. The predicted molar refractivity (Wildman–Crippen MR) is 74.2 cm³/mol. The van der Waals surface area contributed by atoms with E-state index in [1.54, 1.807) is 4.90 Å². The average Bonchev–Trinajstić information content (AvgIpc) is 2.83. The molecule has 3 unspecified atom stereocenters. The van der Waals surface area contributed by atoms with Gasteiger partial charge in [-0.25, -0.2) is 9.59 Å². The Balaban J connectivity index is 2.06. The zero-order valence-electron chi connectivity index (χ0n) is 13.2. The number of amides is 1. The zero-order valence-corrected chi connectivity index (χ0v) is 13.2. The van der Waals surface area contributed by atoms with Gasteiger partial charge in [-0.05, 0) is 60.3 Å². The van der Waals surface area contributed by atoms with E-state index in [0.29, 0.717) is 12.3 Å². The lowest BCUT2D eigenvalue weighted by Gasteiger charge is -2.31. The van der Waals surface area contributed by atoms with Crippen molar-refractivity contribution in [3.63, 3.8) is 0 Å². The number of hydrogen-bond donors (Lipinski definition) is 0. The second-order valence-corrected chi connectivity index (χ2v) is 7.74. The van der Waals surface area contributed by atoms with Crippen molar-refractivity contribution < 1.29 is 19.1 Å². The van der Waals surface area contributed by atoms with Crippen LogP contribution in [0.15, 0.2) is 0 Å². The van der Waals surface area contributed by atoms with Gasteiger partial charge in [-0.2, -0.15) is 0 Å². The molecule has 0 aromatic rings. The van der Waals surface area contributed by atoms with Gasteiger partial charge in [0.1, 0.15) is 17.2 Å². The van der Waals surface area contributed by atoms with Crippen LogP contribution in [0.5, 0.6) is 0 Å². The summed E-state index contributed by atoms with van der Waals surface area (Å²) < 4.78 is 10.8. The van der Waals surface area contributed by atoms with Crippen molar-refractivity contribution in [3.8, 4) is 0 Å². The van der Waals surface area contributed by atoms with Gasteiger partial charge in [0.25, 0.3) is 0 Å². The molecule has 2 rings (SSSR count). The van der Waals surface area contributed by atoms with Crippen molar-refractivity contribution in [2.24, 2.45) is 5.92 Å². The highest BCUT2D eigenvalue weighted by Crippen LogP contribution is 2.48. The SMILES string of the molecule is CC(C)(C)OC(=O)C1CC2CC2N1C(=O)OC(C)(C)C. The van der Waals surface area contributed by atoms with Crippen molar-refractivity contribution >= 4 is 12.1 Å². The monoisotopic (exact) mass is 283 g/mol. The van der Waals surface area contributed by atoms with Gasteiger partial charge >= 0.3 is 12.1 Å². The lowest BCUT2D eigenvalue weighted by molar-refractivity contribution is -0.160. The molecular formula is C15H25NO4. The highest BCUT2D eigenvalue weighted by Gasteiger charge is 2.58. The number of rotatable bonds is 1. The van der Waals surface area contributed by atoms with Gasteiger partial charge in [-0.1, -0.05) is 0 Å². The Labute approximate surface area is 120 Å². The Hall–Kier alpha value is -1.26. The Morgan fingerprint density at radius 2 is 1.50 bits per heavy atom. The van der Waals surface area contributed by atoms with Crippen LogP contribution in [0.4, 0.5) is 4.79 Å². The van der Waals surface area contributed by atoms with E-state index in [9.17, 15) is 9.59 Å². The fourth-order valence-electron chi connectivity index (χ4n) is 2.61. The largest absolute Gasteiger partial charge is 0.458 e. The summed E-state index contributed by atoms with van der Waals surface area (Å²) in [5, 5.41) is 0. The van der Waals surface area contributed by atoms with Crippen LogP contribution in [0.3, 0.4) is 0 Å². The lowest BCUT2D eigenvalue weighted by Crippen LogP contribution is -2.47. The first kappa shape index (κ1) is 15.1. The number of carbonyl (C=O) groups excluding carboxylic acids is 2. The maximum Gasteiger partial charge on any atom is 0.411 e. The standard InChI is InChI=1S/C15H25NO4/c1-14(2,3)19-12(17)11-8-9-7-10(9)16(11)13(18)20-15(4,5)6/h9-11H,7-8H2,1-6H3. The van der Waals surface area contributed by atoms with Crippen LogP contribution >= 0.6 is 0 Å². The zero-order chi connectivity index (χ0) is 15.3. The van der Waals surface area contributed by atoms with Gasteiger partial charge < -0.3 is 9.47 Å². The number of likely N-dealkylation sites (tertiary alicyclic amines) is 1. The number of esters is 1.